The van der Waals surface area contributed by atoms with Crippen LogP contribution in [-0.2, 0) is 19.1 Å². The fourth-order valence-electron chi connectivity index (χ4n) is 5.19. The summed E-state index contributed by atoms with van der Waals surface area (Å²) in [5.74, 6) is 0.0479. The number of hydrogen-bond acceptors (Lipinski definition) is 6. The number of benzene rings is 2. The van der Waals surface area contributed by atoms with Gasteiger partial charge in [-0.1, -0.05) is 18.2 Å². The van der Waals surface area contributed by atoms with E-state index >= 15 is 0 Å². The highest BCUT2D eigenvalue weighted by Crippen LogP contribution is 2.59. The zero-order chi connectivity index (χ0) is 25.1. The van der Waals surface area contributed by atoms with Gasteiger partial charge in [-0.05, 0) is 68.5 Å². The minimum Gasteiger partial charge on any atom is -0.457 e. The molecule has 2 aromatic carbocycles. The number of ether oxygens (including phenoxy) is 3. The van der Waals surface area contributed by atoms with Crippen LogP contribution in [0, 0.1) is 5.41 Å². The third-order valence-corrected chi connectivity index (χ3v) is 7.22. The number of amides is 3. The predicted molar refractivity (Wildman–Crippen MR) is 130 cm³/mol. The number of fused-ring (bicyclic) bond motifs is 1. The van der Waals surface area contributed by atoms with Gasteiger partial charge in [-0.3, -0.25) is 14.4 Å². The van der Waals surface area contributed by atoms with Crippen molar-refractivity contribution in [2.24, 2.45) is 11.1 Å². The Hall–Kier alpha value is -3.43. The van der Waals surface area contributed by atoms with Gasteiger partial charge in [-0.25, -0.2) is 0 Å². The van der Waals surface area contributed by atoms with E-state index in [4.69, 9.17) is 19.9 Å². The first kappa shape index (κ1) is 24.3. The molecule has 2 saturated heterocycles. The second-order valence-corrected chi connectivity index (χ2v) is 9.73. The molecule has 9 heteroatoms. The zero-order valence-electron chi connectivity index (χ0n) is 20.1. The molecule has 3 amide bonds. The Morgan fingerprint density at radius 1 is 1.03 bits per heavy atom. The molecule has 4 unspecified atom stereocenters. The highest BCUT2D eigenvalue weighted by atomic mass is 16.7. The van der Waals surface area contributed by atoms with E-state index in [1.807, 2.05) is 30.3 Å². The van der Waals surface area contributed by atoms with Gasteiger partial charge in [0.1, 0.15) is 17.5 Å². The summed E-state index contributed by atoms with van der Waals surface area (Å²) in [7, 11) is 0. The lowest BCUT2D eigenvalue weighted by molar-refractivity contribution is -0.171. The Balaban J connectivity index is 1.15. The van der Waals surface area contributed by atoms with Gasteiger partial charge in [0.2, 0.25) is 11.8 Å². The van der Waals surface area contributed by atoms with E-state index in [1.54, 1.807) is 29.2 Å². The molecular formula is C27H31N3O6. The summed E-state index contributed by atoms with van der Waals surface area (Å²) in [6.45, 7) is 0.905. The van der Waals surface area contributed by atoms with Gasteiger partial charge in [0.25, 0.3) is 5.91 Å². The number of primary amides is 1. The largest absolute Gasteiger partial charge is 0.457 e. The number of nitrogens with zero attached hydrogens (tertiary/aromatic N) is 1. The summed E-state index contributed by atoms with van der Waals surface area (Å²) < 4.78 is 17.4. The van der Waals surface area contributed by atoms with Crippen molar-refractivity contribution in [3.8, 4) is 11.5 Å². The Morgan fingerprint density at radius 3 is 2.47 bits per heavy atom. The van der Waals surface area contributed by atoms with Gasteiger partial charge >= 0.3 is 0 Å². The standard InChI is InChI=1S/C27H31N3O6/c28-25(32)21-14-27(17-35-24-8-4-5-13-34-24)15-22(27)30(21)23(31)16-29-26(33)18-9-11-20(12-10-18)36-19-6-2-1-3-7-19/h1-3,6-7,9-12,21-22,24H,4-5,8,13-17H2,(H2,28,32)(H,29,33). The monoisotopic (exact) mass is 493 g/mol. The number of rotatable bonds is 9. The molecule has 1 saturated carbocycles. The molecule has 5 rings (SSSR count). The minimum absolute atomic E-state index is 0.114. The summed E-state index contributed by atoms with van der Waals surface area (Å²) in [5, 5.41) is 2.67. The molecule has 3 fully saturated rings. The third kappa shape index (κ3) is 5.22. The molecule has 0 aromatic heterocycles. The molecule has 0 radical (unpaired) electrons. The summed E-state index contributed by atoms with van der Waals surface area (Å²) in [6.07, 6.45) is 3.96. The zero-order valence-corrected chi connectivity index (χ0v) is 20.1. The van der Waals surface area contributed by atoms with E-state index in [0.717, 1.165) is 25.7 Å². The fraction of sp³-hybridized carbons (Fsp3) is 0.444. The van der Waals surface area contributed by atoms with Crippen molar-refractivity contribution in [1.82, 2.24) is 10.2 Å². The third-order valence-electron chi connectivity index (χ3n) is 7.22. The van der Waals surface area contributed by atoms with Crippen molar-refractivity contribution >= 4 is 17.7 Å². The molecule has 2 aromatic rings. The van der Waals surface area contributed by atoms with Crippen molar-refractivity contribution in [2.75, 3.05) is 19.8 Å². The lowest BCUT2D eigenvalue weighted by Crippen LogP contribution is -2.49. The molecule has 2 heterocycles. The first-order valence-corrected chi connectivity index (χ1v) is 12.4. The van der Waals surface area contributed by atoms with E-state index in [2.05, 4.69) is 5.32 Å². The summed E-state index contributed by atoms with van der Waals surface area (Å²) in [5.41, 5.74) is 5.76. The van der Waals surface area contributed by atoms with Crippen LogP contribution in [0.25, 0.3) is 0 Å². The van der Waals surface area contributed by atoms with Crippen LogP contribution in [0.15, 0.2) is 54.6 Å². The first-order chi connectivity index (χ1) is 17.4. The van der Waals surface area contributed by atoms with Crippen LogP contribution in [0.4, 0.5) is 0 Å². The fourth-order valence-corrected chi connectivity index (χ4v) is 5.19. The molecule has 2 aliphatic heterocycles. The Labute approximate surface area is 209 Å². The van der Waals surface area contributed by atoms with Gasteiger partial charge in [-0.2, -0.15) is 0 Å². The van der Waals surface area contributed by atoms with E-state index in [9.17, 15) is 14.4 Å². The van der Waals surface area contributed by atoms with Crippen molar-refractivity contribution < 1.29 is 28.6 Å². The van der Waals surface area contributed by atoms with E-state index in [1.165, 1.54) is 0 Å². The second-order valence-electron chi connectivity index (χ2n) is 9.73. The van der Waals surface area contributed by atoms with Crippen LogP contribution >= 0.6 is 0 Å². The van der Waals surface area contributed by atoms with Crippen LogP contribution in [0.1, 0.15) is 42.5 Å². The SMILES string of the molecule is NC(=O)C1CC2(COC3CCCCO3)CC2N1C(=O)CNC(=O)c1ccc(Oc2ccccc2)cc1. The maximum Gasteiger partial charge on any atom is 0.251 e. The first-order valence-electron chi connectivity index (χ1n) is 12.4. The Kier molecular flexibility index (Phi) is 6.93. The molecule has 36 heavy (non-hydrogen) atoms. The quantitative estimate of drug-likeness (QED) is 0.554. The van der Waals surface area contributed by atoms with Crippen molar-refractivity contribution in [3.05, 3.63) is 60.2 Å². The van der Waals surface area contributed by atoms with Crippen LogP contribution < -0.4 is 15.8 Å². The lowest BCUT2D eigenvalue weighted by Gasteiger charge is -2.25. The van der Waals surface area contributed by atoms with Crippen molar-refractivity contribution in [1.29, 1.82) is 0 Å². The average molecular weight is 494 g/mol. The van der Waals surface area contributed by atoms with Gasteiger partial charge < -0.3 is 30.2 Å². The number of hydrogen-bond donors (Lipinski definition) is 2. The predicted octanol–water partition coefficient (Wildman–Crippen LogP) is 2.60. The smallest absolute Gasteiger partial charge is 0.251 e. The normalized spacial score (nSPS) is 26.7. The molecule has 0 bridgehead atoms. The number of carbonyl (C=O) groups excluding carboxylic acids is 3. The maximum absolute atomic E-state index is 13.1. The summed E-state index contributed by atoms with van der Waals surface area (Å²) in [6, 6.07) is 15.2. The summed E-state index contributed by atoms with van der Waals surface area (Å²) in [4.78, 5) is 39.4. The molecule has 1 aliphatic carbocycles. The molecule has 4 atom stereocenters. The number of likely N-dealkylation sites (tertiary alicyclic amines) is 1. The number of nitrogens with one attached hydrogen (secondary N) is 1. The molecule has 9 nitrogen and oxygen atoms in total. The lowest BCUT2D eigenvalue weighted by atomic mass is 10.0. The highest BCUT2D eigenvalue weighted by Gasteiger charge is 2.67. The molecule has 190 valence electrons. The number of carbonyl (C=O) groups is 3. The molecular weight excluding hydrogens is 462 g/mol. The Morgan fingerprint density at radius 2 is 1.78 bits per heavy atom. The van der Waals surface area contributed by atoms with Gasteiger partial charge in [0.15, 0.2) is 6.29 Å². The van der Waals surface area contributed by atoms with Crippen LogP contribution in [0.2, 0.25) is 0 Å². The maximum atomic E-state index is 13.1. The van der Waals surface area contributed by atoms with Crippen LogP contribution in [-0.4, -0.2) is 60.8 Å². The molecule has 0 spiro atoms. The average Bonchev–Trinajstić information content (AvgIpc) is 3.51. The topological polar surface area (TPSA) is 120 Å². The van der Waals surface area contributed by atoms with Crippen LogP contribution in [0.3, 0.4) is 0 Å². The summed E-state index contributed by atoms with van der Waals surface area (Å²) >= 11 is 0. The van der Waals surface area contributed by atoms with Crippen molar-refractivity contribution in [2.45, 2.75) is 50.5 Å². The Bertz CT molecular complexity index is 1100. The highest BCUT2D eigenvalue weighted by molar-refractivity contribution is 5.97. The number of para-hydroxylation sites is 1. The van der Waals surface area contributed by atoms with Gasteiger partial charge in [0, 0.05) is 23.6 Å². The van der Waals surface area contributed by atoms with E-state index < -0.39 is 11.9 Å². The van der Waals surface area contributed by atoms with Gasteiger partial charge in [-0.15, -0.1) is 0 Å². The number of nitrogens with two attached hydrogens (primary N) is 1. The molecule has 3 N–H and O–H groups in total. The second kappa shape index (κ2) is 10.3. The minimum atomic E-state index is -0.696. The van der Waals surface area contributed by atoms with Crippen LogP contribution in [0.5, 0.6) is 11.5 Å². The van der Waals surface area contributed by atoms with Crippen molar-refractivity contribution in [3.63, 3.8) is 0 Å². The van der Waals surface area contributed by atoms with E-state index in [0.29, 0.717) is 36.7 Å². The van der Waals surface area contributed by atoms with Gasteiger partial charge in [0.05, 0.1) is 13.2 Å². The number of piperidine rings is 1. The van der Waals surface area contributed by atoms with E-state index in [-0.39, 0.29) is 36.1 Å². The molecule has 3 aliphatic rings.